The van der Waals surface area contributed by atoms with E-state index in [4.69, 9.17) is 0 Å². The summed E-state index contributed by atoms with van der Waals surface area (Å²) in [6.45, 7) is 3.61. The Labute approximate surface area is 110 Å². The first-order chi connectivity index (χ1) is 8.59. The zero-order chi connectivity index (χ0) is 12.9. The van der Waals surface area contributed by atoms with E-state index in [-0.39, 0.29) is 17.9 Å². The van der Waals surface area contributed by atoms with E-state index in [0.29, 0.717) is 5.92 Å². The zero-order valence-corrected chi connectivity index (χ0v) is 11.4. The molecule has 1 aromatic rings. The summed E-state index contributed by atoms with van der Waals surface area (Å²) in [6, 6.07) is 7.83. The molecule has 3 rings (SSSR count). The topological polar surface area (TPSA) is 37.1 Å². The molecule has 0 radical (unpaired) electrons. The number of ketones is 1. The van der Waals surface area contributed by atoms with Gasteiger partial charge in [-0.25, -0.2) is 8.51 Å². The molecule has 4 atom stereocenters. The summed E-state index contributed by atoms with van der Waals surface area (Å²) in [5, 5.41) is 0. The van der Waals surface area contributed by atoms with Gasteiger partial charge in [0.1, 0.15) is 16.8 Å². The fraction of sp³-hybridized carbons (Fsp3) is 0.500. The van der Waals surface area contributed by atoms with E-state index in [2.05, 4.69) is 0 Å². The molecule has 18 heavy (non-hydrogen) atoms. The third-order valence-electron chi connectivity index (χ3n) is 3.74. The van der Waals surface area contributed by atoms with Gasteiger partial charge in [-0.1, -0.05) is 17.7 Å². The van der Waals surface area contributed by atoms with Crippen molar-refractivity contribution in [2.24, 2.45) is 5.92 Å². The second kappa shape index (κ2) is 4.28. The highest BCUT2D eigenvalue weighted by atomic mass is 32.2. The maximum atomic E-state index is 12.5. The Morgan fingerprint density at radius 3 is 2.39 bits per heavy atom. The van der Waals surface area contributed by atoms with Crippen LogP contribution in [0.5, 0.6) is 0 Å². The van der Waals surface area contributed by atoms with Gasteiger partial charge in [0, 0.05) is 0 Å². The largest absolute Gasteiger partial charge is 0.298 e. The van der Waals surface area contributed by atoms with Crippen molar-refractivity contribution in [3.8, 4) is 0 Å². The van der Waals surface area contributed by atoms with Gasteiger partial charge in [-0.3, -0.25) is 4.79 Å². The van der Waals surface area contributed by atoms with Gasteiger partial charge < -0.3 is 0 Å². The maximum absolute atomic E-state index is 12.5. The van der Waals surface area contributed by atoms with Gasteiger partial charge in [0.2, 0.25) is 0 Å². The molecule has 0 amide bonds. The van der Waals surface area contributed by atoms with Crippen LogP contribution in [0.1, 0.15) is 25.3 Å². The first-order valence-corrected chi connectivity index (χ1v) is 7.47. The summed E-state index contributed by atoms with van der Waals surface area (Å²) in [4.78, 5) is 12.4. The lowest BCUT2D eigenvalue weighted by Gasteiger charge is -2.04. The van der Waals surface area contributed by atoms with Crippen molar-refractivity contribution in [2.45, 2.75) is 43.7 Å². The lowest BCUT2D eigenvalue weighted by molar-refractivity contribution is -0.117. The molecule has 1 unspecified atom stereocenters. The molecule has 96 valence electrons. The number of hydrogen-bond acceptors (Lipinski definition) is 2. The van der Waals surface area contributed by atoms with Crippen molar-refractivity contribution in [1.29, 1.82) is 0 Å². The van der Waals surface area contributed by atoms with Crippen LogP contribution in [0.2, 0.25) is 0 Å². The van der Waals surface area contributed by atoms with E-state index in [0.717, 1.165) is 10.5 Å². The highest BCUT2D eigenvalue weighted by molar-refractivity contribution is 7.83. The van der Waals surface area contributed by atoms with Crippen LogP contribution >= 0.6 is 0 Å². The van der Waals surface area contributed by atoms with Crippen LogP contribution < -0.4 is 0 Å². The smallest absolute Gasteiger partial charge is 0.149 e. The standard InChI is InChI=1S/C14H17NO2S/c1-9-3-7-12(8-4-9)18(17)15-13(10(2)16)14(15)11-5-6-11/h3-4,7-8,11,13-14H,5-6H2,1-2H3/t13-,14+,15?,18+/m0/s1. The van der Waals surface area contributed by atoms with E-state index in [1.165, 1.54) is 12.8 Å². The van der Waals surface area contributed by atoms with Crippen LogP contribution in [0, 0.1) is 12.8 Å². The molecule has 1 heterocycles. The molecule has 1 aromatic carbocycles. The molecule has 4 heteroatoms. The van der Waals surface area contributed by atoms with Gasteiger partial charge in [-0.15, -0.1) is 0 Å². The van der Waals surface area contributed by atoms with Crippen LogP contribution in [0.4, 0.5) is 0 Å². The predicted molar refractivity (Wildman–Crippen MR) is 70.4 cm³/mol. The van der Waals surface area contributed by atoms with Gasteiger partial charge in [-0.05, 0) is 44.7 Å². The average molecular weight is 263 g/mol. The Balaban J connectivity index is 1.80. The Morgan fingerprint density at radius 2 is 1.89 bits per heavy atom. The second-order valence-corrected chi connectivity index (χ2v) is 6.70. The van der Waals surface area contributed by atoms with E-state index in [1.54, 1.807) is 6.92 Å². The lowest BCUT2D eigenvalue weighted by atomic mass is 10.2. The van der Waals surface area contributed by atoms with Gasteiger partial charge >= 0.3 is 0 Å². The summed E-state index contributed by atoms with van der Waals surface area (Å²) < 4.78 is 14.3. The fourth-order valence-electron chi connectivity index (χ4n) is 2.54. The first kappa shape index (κ1) is 12.1. The number of carbonyl (C=O) groups is 1. The SMILES string of the molecule is CC(=O)[C@H]1[C@@H](C2CC2)N1[S@](=O)c1ccc(C)cc1. The van der Waals surface area contributed by atoms with Crippen molar-refractivity contribution in [1.82, 2.24) is 4.31 Å². The Morgan fingerprint density at radius 1 is 1.28 bits per heavy atom. The molecule has 0 N–H and O–H groups in total. The molecular formula is C14H17NO2S. The third kappa shape index (κ3) is 2.04. The fourth-order valence-corrected chi connectivity index (χ4v) is 4.09. The van der Waals surface area contributed by atoms with Crippen LogP contribution in [0.25, 0.3) is 0 Å². The molecule has 0 spiro atoms. The first-order valence-electron chi connectivity index (χ1n) is 6.37. The van der Waals surface area contributed by atoms with Gasteiger partial charge in [0.25, 0.3) is 0 Å². The molecule has 1 saturated heterocycles. The van der Waals surface area contributed by atoms with Crippen molar-refractivity contribution in [2.75, 3.05) is 0 Å². The Kier molecular flexibility index (Phi) is 2.87. The zero-order valence-electron chi connectivity index (χ0n) is 10.6. The summed E-state index contributed by atoms with van der Waals surface area (Å²) in [7, 11) is -1.18. The minimum absolute atomic E-state index is 0.111. The third-order valence-corrected chi connectivity index (χ3v) is 5.27. The number of rotatable bonds is 4. The number of aryl methyl sites for hydroxylation is 1. The number of Topliss-reactive ketones (excluding diaryl/α,β-unsaturated/α-hetero) is 1. The average Bonchev–Trinajstić information content (AvgIpc) is 3.20. The molecule has 2 fully saturated rings. The predicted octanol–water partition coefficient (Wildman–Crippen LogP) is 2.07. The van der Waals surface area contributed by atoms with E-state index in [1.807, 2.05) is 35.5 Å². The maximum Gasteiger partial charge on any atom is 0.149 e. The number of hydrogen-bond donors (Lipinski definition) is 0. The lowest BCUT2D eigenvalue weighted by Crippen LogP contribution is -2.12. The van der Waals surface area contributed by atoms with Crippen molar-refractivity contribution < 1.29 is 9.00 Å². The van der Waals surface area contributed by atoms with E-state index < -0.39 is 11.0 Å². The molecular weight excluding hydrogens is 246 g/mol. The normalized spacial score (nSPS) is 32.0. The number of nitrogens with zero attached hydrogens (tertiary/aromatic N) is 1. The quantitative estimate of drug-likeness (QED) is 0.780. The van der Waals surface area contributed by atoms with Crippen molar-refractivity contribution >= 4 is 16.8 Å². The van der Waals surface area contributed by atoms with Crippen LogP contribution in [0.3, 0.4) is 0 Å². The van der Waals surface area contributed by atoms with E-state index >= 15 is 0 Å². The van der Waals surface area contributed by atoms with Crippen LogP contribution in [0.15, 0.2) is 29.2 Å². The molecule has 3 nitrogen and oxygen atoms in total. The molecule has 1 aliphatic carbocycles. The number of benzene rings is 1. The number of carbonyl (C=O) groups excluding carboxylic acids is 1. The van der Waals surface area contributed by atoms with Gasteiger partial charge in [0.15, 0.2) is 0 Å². The van der Waals surface area contributed by atoms with Gasteiger partial charge in [-0.2, -0.15) is 0 Å². The molecule has 0 bridgehead atoms. The monoisotopic (exact) mass is 263 g/mol. The highest BCUT2D eigenvalue weighted by Crippen LogP contribution is 2.48. The van der Waals surface area contributed by atoms with Crippen LogP contribution in [-0.2, 0) is 15.8 Å². The minimum atomic E-state index is -1.18. The van der Waals surface area contributed by atoms with Crippen molar-refractivity contribution in [3.05, 3.63) is 29.8 Å². The minimum Gasteiger partial charge on any atom is -0.298 e. The molecule has 1 aliphatic heterocycles. The summed E-state index contributed by atoms with van der Waals surface area (Å²) >= 11 is 0. The van der Waals surface area contributed by atoms with Crippen LogP contribution in [-0.4, -0.2) is 26.4 Å². The molecule has 0 aromatic heterocycles. The Hall–Kier alpha value is -1.00. The summed E-state index contributed by atoms with van der Waals surface area (Å²) in [6.07, 6.45) is 2.35. The van der Waals surface area contributed by atoms with Crippen molar-refractivity contribution in [3.63, 3.8) is 0 Å². The second-order valence-electron chi connectivity index (χ2n) is 5.31. The highest BCUT2D eigenvalue weighted by Gasteiger charge is 2.60. The van der Waals surface area contributed by atoms with E-state index in [9.17, 15) is 9.00 Å². The molecule has 1 saturated carbocycles. The van der Waals surface area contributed by atoms with Gasteiger partial charge in [0.05, 0.1) is 17.0 Å². The molecule has 2 aliphatic rings. The summed E-state index contributed by atoms with van der Waals surface area (Å²) in [5.41, 5.74) is 1.16. The summed E-state index contributed by atoms with van der Waals surface area (Å²) in [5.74, 6) is 0.737. The Bertz CT molecular complexity index is 507.